The van der Waals surface area contributed by atoms with Crippen molar-refractivity contribution in [3.63, 3.8) is 0 Å². The Labute approximate surface area is 103 Å². The van der Waals surface area contributed by atoms with E-state index in [1.807, 2.05) is 0 Å². The van der Waals surface area contributed by atoms with Crippen LogP contribution in [0.2, 0.25) is 0 Å². The first-order valence-electron chi connectivity index (χ1n) is 6.45. The molecule has 4 heteroatoms. The van der Waals surface area contributed by atoms with Crippen LogP contribution in [0.4, 0.5) is 5.82 Å². The Morgan fingerprint density at radius 3 is 2.53 bits per heavy atom. The smallest absolute Gasteiger partial charge is 0.151 e. The quantitative estimate of drug-likeness (QED) is 0.868. The molecule has 2 N–H and O–H groups in total. The van der Waals surface area contributed by atoms with Gasteiger partial charge in [-0.25, -0.2) is 4.98 Å². The molecule has 0 spiro atoms. The highest BCUT2D eigenvalue weighted by Crippen LogP contribution is 2.29. The van der Waals surface area contributed by atoms with Crippen LogP contribution in [0.1, 0.15) is 38.3 Å². The number of hydrogen-bond acceptors (Lipinski definition) is 4. The van der Waals surface area contributed by atoms with E-state index in [1.165, 1.54) is 25.7 Å². The summed E-state index contributed by atoms with van der Waals surface area (Å²) in [5, 5.41) is 0. The highest BCUT2D eigenvalue weighted by atomic mass is 15.2. The molecule has 0 atom stereocenters. The van der Waals surface area contributed by atoms with Gasteiger partial charge in [-0.15, -0.1) is 0 Å². The fourth-order valence-corrected chi connectivity index (χ4v) is 2.60. The summed E-state index contributed by atoms with van der Waals surface area (Å²) in [4.78, 5) is 11.0. The summed E-state index contributed by atoms with van der Waals surface area (Å²) < 4.78 is 0. The lowest BCUT2D eigenvalue weighted by Gasteiger charge is -2.34. The van der Waals surface area contributed by atoms with E-state index in [9.17, 15) is 0 Å². The van der Waals surface area contributed by atoms with Gasteiger partial charge in [0.15, 0.2) is 5.82 Å². The van der Waals surface area contributed by atoms with E-state index in [0.29, 0.717) is 12.6 Å². The molecule has 1 aliphatic rings. The molecule has 94 valence electrons. The van der Waals surface area contributed by atoms with Crippen LogP contribution in [0, 0.1) is 5.92 Å². The average molecular weight is 234 g/mol. The van der Waals surface area contributed by atoms with Crippen LogP contribution in [-0.4, -0.2) is 23.1 Å². The minimum absolute atomic E-state index is 0.455. The first-order valence-corrected chi connectivity index (χ1v) is 6.45. The number of rotatable bonds is 3. The first kappa shape index (κ1) is 12.3. The van der Waals surface area contributed by atoms with E-state index in [2.05, 4.69) is 28.8 Å². The van der Waals surface area contributed by atoms with Crippen LogP contribution < -0.4 is 10.6 Å². The summed E-state index contributed by atoms with van der Waals surface area (Å²) in [5.74, 6) is 1.82. The van der Waals surface area contributed by atoms with Crippen LogP contribution in [0.5, 0.6) is 0 Å². The third-order valence-corrected chi connectivity index (χ3v) is 3.81. The maximum Gasteiger partial charge on any atom is 0.151 e. The molecule has 0 amide bonds. The van der Waals surface area contributed by atoms with Crippen molar-refractivity contribution < 1.29 is 0 Å². The molecule has 1 saturated carbocycles. The molecule has 1 fully saturated rings. The van der Waals surface area contributed by atoms with Gasteiger partial charge >= 0.3 is 0 Å². The molecule has 0 saturated heterocycles. The molecule has 1 aliphatic carbocycles. The SMILES string of the molecule is CC1CCC(N(C)c2nccnc2CN)CC1. The van der Waals surface area contributed by atoms with E-state index in [4.69, 9.17) is 5.73 Å². The molecule has 0 unspecified atom stereocenters. The Morgan fingerprint density at radius 1 is 1.24 bits per heavy atom. The lowest BCUT2D eigenvalue weighted by atomic mass is 9.87. The van der Waals surface area contributed by atoms with E-state index in [0.717, 1.165) is 17.4 Å². The summed E-state index contributed by atoms with van der Waals surface area (Å²) in [6.07, 6.45) is 8.58. The third-order valence-electron chi connectivity index (χ3n) is 3.81. The van der Waals surface area contributed by atoms with Crippen LogP contribution >= 0.6 is 0 Å². The second-order valence-electron chi connectivity index (χ2n) is 5.06. The number of hydrogen-bond donors (Lipinski definition) is 1. The van der Waals surface area contributed by atoms with Crippen molar-refractivity contribution in [3.8, 4) is 0 Å². The molecule has 0 aliphatic heterocycles. The second-order valence-corrected chi connectivity index (χ2v) is 5.06. The average Bonchev–Trinajstić information content (AvgIpc) is 2.39. The van der Waals surface area contributed by atoms with Gasteiger partial charge in [-0.05, 0) is 31.6 Å². The first-order chi connectivity index (χ1) is 8.22. The van der Waals surface area contributed by atoms with Gasteiger partial charge in [-0.3, -0.25) is 4.98 Å². The number of nitrogens with two attached hydrogens (primary N) is 1. The Bertz CT molecular complexity index is 358. The number of anilines is 1. The van der Waals surface area contributed by atoms with E-state index < -0.39 is 0 Å². The van der Waals surface area contributed by atoms with Gasteiger partial charge in [0.1, 0.15) is 0 Å². The van der Waals surface area contributed by atoms with Crippen molar-refractivity contribution in [1.82, 2.24) is 9.97 Å². The van der Waals surface area contributed by atoms with Crippen LogP contribution in [0.15, 0.2) is 12.4 Å². The third kappa shape index (κ3) is 2.75. The highest BCUT2D eigenvalue weighted by Gasteiger charge is 2.23. The van der Waals surface area contributed by atoms with Crippen molar-refractivity contribution >= 4 is 5.82 Å². The molecular weight excluding hydrogens is 212 g/mol. The molecule has 0 bridgehead atoms. The van der Waals surface area contributed by atoms with Crippen molar-refractivity contribution in [2.75, 3.05) is 11.9 Å². The molecular formula is C13H22N4. The van der Waals surface area contributed by atoms with Crippen molar-refractivity contribution in [2.45, 2.75) is 45.2 Å². The topological polar surface area (TPSA) is 55.0 Å². The fourth-order valence-electron chi connectivity index (χ4n) is 2.60. The van der Waals surface area contributed by atoms with E-state index in [-0.39, 0.29) is 0 Å². The Hall–Kier alpha value is -1.16. The van der Waals surface area contributed by atoms with Gasteiger partial charge in [0.05, 0.1) is 5.69 Å². The van der Waals surface area contributed by atoms with E-state index >= 15 is 0 Å². The van der Waals surface area contributed by atoms with Gasteiger partial charge in [0.25, 0.3) is 0 Å². The molecule has 0 aromatic carbocycles. The Balaban J connectivity index is 2.10. The van der Waals surface area contributed by atoms with Crippen molar-refractivity contribution in [3.05, 3.63) is 18.1 Å². The standard InChI is InChI=1S/C13H22N4/c1-10-3-5-11(6-4-10)17(2)13-12(9-14)15-7-8-16-13/h7-8,10-11H,3-6,9,14H2,1-2H3. The van der Waals surface area contributed by atoms with Crippen LogP contribution in [0.25, 0.3) is 0 Å². The van der Waals surface area contributed by atoms with Crippen molar-refractivity contribution in [1.29, 1.82) is 0 Å². The van der Waals surface area contributed by atoms with E-state index in [1.54, 1.807) is 12.4 Å². The Kier molecular flexibility index (Phi) is 3.94. The minimum atomic E-state index is 0.455. The second kappa shape index (κ2) is 5.45. The summed E-state index contributed by atoms with van der Waals surface area (Å²) >= 11 is 0. The molecule has 1 heterocycles. The molecule has 17 heavy (non-hydrogen) atoms. The maximum atomic E-state index is 5.71. The summed E-state index contributed by atoms with van der Waals surface area (Å²) in [7, 11) is 2.11. The summed E-state index contributed by atoms with van der Waals surface area (Å²) in [6, 6.07) is 0.591. The van der Waals surface area contributed by atoms with Crippen molar-refractivity contribution in [2.24, 2.45) is 11.7 Å². The van der Waals surface area contributed by atoms with Gasteiger partial charge in [-0.1, -0.05) is 6.92 Å². The van der Waals surface area contributed by atoms with Gasteiger partial charge < -0.3 is 10.6 Å². The zero-order chi connectivity index (χ0) is 12.3. The zero-order valence-electron chi connectivity index (χ0n) is 10.8. The minimum Gasteiger partial charge on any atom is -0.355 e. The normalized spacial score (nSPS) is 24.6. The molecule has 1 aromatic heterocycles. The predicted octanol–water partition coefficient (Wildman–Crippen LogP) is 1.95. The zero-order valence-corrected chi connectivity index (χ0v) is 10.8. The van der Waals surface area contributed by atoms with Crippen LogP contribution in [-0.2, 0) is 6.54 Å². The summed E-state index contributed by atoms with van der Waals surface area (Å²) in [6.45, 7) is 2.79. The fraction of sp³-hybridized carbons (Fsp3) is 0.692. The molecule has 2 rings (SSSR count). The number of nitrogens with zero attached hydrogens (tertiary/aromatic N) is 3. The van der Waals surface area contributed by atoms with Crippen LogP contribution in [0.3, 0.4) is 0 Å². The Morgan fingerprint density at radius 2 is 1.88 bits per heavy atom. The molecule has 1 aromatic rings. The molecule has 4 nitrogen and oxygen atoms in total. The summed E-state index contributed by atoms with van der Waals surface area (Å²) in [5.41, 5.74) is 6.61. The monoisotopic (exact) mass is 234 g/mol. The maximum absolute atomic E-state index is 5.71. The van der Waals surface area contributed by atoms with Gasteiger partial charge in [-0.2, -0.15) is 0 Å². The van der Waals surface area contributed by atoms with Gasteiger partial charge in [0, 0.05) is 32.0 Å². The lowest BCUT2D eigenvalue weighted by Crippen LogP contribution is -2.36. The largest absolute Gasteiger partial charge is 0.355 e. The predicted molar refractivity (Wildman–Crippen MR) is 69.7 cm³/mol. The lowest BCUT2D eigenvalue weighted by molar-refractivity contribution is 0.339. The number of aromatic nitrogens is 2. The van der Waals surface area contributed by atoms with Gasteiger partial charge in [0.2, 0.25) is 0 Å². The highest BCUT2D eigenvalue weighted by molar-refractivity contribution is 5.43. The molecule has 0 radical (unpaired) electrons.